The number of nitrogens with zero attached hydrogens (tertiary/aromatic N) is 1. The topological polar surface area (TPSA) is 44.8 Å². The Hall–Kier alpha value is -1.80. The molecule has 5 nitrogen and oxygen atoms in total. The molecule has 3 aliphatic rings. The van der Waals surface area contributed by atoms with Gasteiger partial charge in [-0.25, -0.2) is 0 Å². The Bertz CT molecular complexity index is 1110. The average Bonchev–Trinajstić information content (AvgIpc) is 3.27. The third-order valence-corrected chi connectivity index (χ3v) is 8.59. The van der Waals surface area contributed by atoms with Gasteiger partial charge in [0.05, 0.1) is 39.7 Å². The summed E-state index contributed by atoms with van der Waals surface area (Å²) >= 11 is 0. The summed E-state index contributed by atoms with van der Waals surface area (Å²) in [5, 5.41) is 0. The number of carbonyl (C=O) groups is 1. The van der Waals surface area contributed by atoms with Crippen LogP contribution in [0.15, 0.2) is 41.0 Å². The number of hydrogen-bond acceptors (Lipinski definition) is 4. The predicted molar refractivity (Wildman–Crippen MR) is 145 cm³/mol. The molecule has 0 aromatic heterocycles. The second kappa shape index (κ2) is 11.9. The van der Waals surface area contributed by atoms with E-state index in [9.17, 15) is 4.79 Å². The highest BCUT2D eigenvalue weighted by Gasteiger charge is 2.42. The number of quaternary nitrogens is 1. The van der Waals surface area contributed by atoms with Crippen LogP contribution in [0.2, 0.25) is 0 Å². The van der Waals surface area contributed by atoms with E-state index in [2.05, 4.69) is 53.9 Å². The fourth-order valence-electron chi connectivity index (χ4n) is 6.33. The number of allylic oxidation sites excluding steroid dienone is 6. The van der Waals surface area contributed by atoms with Gasteiger partial charge in [0.15, 0.2) is 17.3 Å². The number of halogens is 1. The molecule has 0 N–H and O–H groups in total. The molecular weight excluding hydrogens is 577 g/mol. The summed E-state index contributed by atoms with van der Waals surface area (Å²) in [5.74, 6) is 2.26. The number of ether oxygens (including phenoxy) is 3. The van der Waals surface area contributed by atoms with Crippen molar-refractivity contribution in [1.82, 2.24) is 0 Å². The van der Waals surface area contributed by atoms with E-state index in [1.165, 1.54) is 30.4 Å². The molecule has 0 spiro atoms. The van der Waals surface area contributed by atoms with Gasteiger partial charge >= 0.3 is 0 Å². The van der Waals surface area contributed by atoms with Crippen LogP contribution in [0.5, 0.6) is 17.2 Å². The third kappa shape index (κ3) is 6.44. The molecule has 0 saturated carbocycles. The molecule has 1 aliphatic carbocycles. The largest absolute Gasteiger partial charge is 1.00 e. The summed E-state index contributed by atoms with van der Waals surface area (Å²) < 4.78 is 17.9. The fourth-order valence-corrected chi connectivity index (χ4v) is 6.33. The lowest BCUT2D eigenvalue weighted by Gasteiger charge is -2.43. The normalized spacial score (nSPS) is 22.0. The van der Waals surface area contributed by atoms with Gasteiger partial charge in [-0.1, -0.05) is 42.7 Å². The first-order valence-electron chi connectivity index (χ1n) is 13.4. The predicted octanol–water partition coefficient (Wildman–Crippen LogP) is 3.87. The van der Waals surface area contributed by atoms with Gasteiger partial charge in [0.1, 0.15) is 6.04 Å². The summed E-state index contributed by atoms with van der Waals surface area (Å²) in [5.41, 5.74) is 7.12. The van der Waals surface area contributed by atoms with Gasteiger partial charge in [0.25, 0.3) is 0 Å². The van der Waals surface area contributed by atoms with E-state index >= 15 is 0 Å². The van der Waals surface area contributed by atoms with Crippen molar-refractivity contribution < 1.29 is 47.5 Å². The first kappa shape index (κ1) is 29.8. The van der Waals surface area contributed by atoms with E-state index in [4.69, 9.17) is 14.2 Å². The van der Waals surface area contributed by atoms with Gasteiger partial charge in [-0.3, -0.25) is 4.79 Å². The highest BCUT2D eigenvalue weighted by Crippen LogP contribution is 2.51. The van der Waals surface area contributed by atoms with Gasteiger partial charge in [-0.2, -0.15) is 0 Å². The van der Waals surface area contributed by atoms with Crippen LogP contribution in [0.4, 0.5) is 0 Å². The molecule has 0 saturated heterocycles. The summed E-state index contributed by atoms with van der Waals surface area (Å²) in [4.78, 5) is 13.1. The highest BCUT2D eigenvalue weighted by molar-refractivity contribution is 5.90. The van der Waals surface area contributed by atoms with Crippen LogP contribution >= 0.6 is 0 Å². The zero-order valence-corrected chi connectivity index (χ0v) is 25.9. The molecular formula is C31H44INO4. The van der Waals surface area contributed by atoms with Crippen LogP contribution in [0.1, 0.15) is 83.4 Å². The van der Waals surface area contributed by atoms with E-state index in [1.807, 2.05) is 6.08 Å². The molecule has 1 atom stereocenters. The minimum absolute atomic E-state index is 0. The third-order valence-electron chi connectivity index (χ3n) is 8.59. The van der Waals surface area contributed by atoms with E-state index in [0.29, 0.717) is 17.6 Å². The maximum atomic E-state index is 13.1. The maximum absolute atomic E-state index is 13.1. The van der Waals surface area contributed by atoms with E-state index < -0.39 is 0 Å². The molecule has 1 aromatic carbocycles. The Kier molecular flexibility index (Phi) is 9.60. The number of rotatable bonds is 8. The molecule has 0 amide bonds. The lowest BCUT2D eigenvalue weighted by Crippen LogP contribution is -3.00. The molecule has 204 valence electrons. The van der Waals surface area contributed by atoms with Crippen molar-refractivity contribution in [3.8, 4) is 17.2 Å². The summed E-state index contributed by atoms with van der Waals surface area (Å²) in [6.07, 6.45) is 13.1. The van der Waals surface area contributed by atoms with Crippen LogP contribution in [0.3, 0.4) is 0 Å². The molecule has 4 rings (SSSR count). The van der Waals surface area contributed by atoms with Crippen molar-refractivity contribution in [2.24, 2.45) is 5.41 Å². The molecule has 2 heterocycles. The molecule has 2 aliphatic heterocycles. The van der Waals surface area contributed by atoms with Crippen LogP contribution in [0.25, 0.3) is 0 Å². The van der Waals surface area contributed by atoms with E-state index in [1.54, 1.807) is 24.3 Å². The van der Waals surface area contributed by atoms with Crippen molar-refractivity contribution in [2.75, 3.05) is 34.5 Å². The molecule has 0 bridgehead atoms. The van der Waals surface area contributed by atoms with Crippen LogP contribution in [-0.4, -0.2) is 44.8 Å². The quantitative estimate of drug-likeness (QED) is 0.146. The zero-order chi connectivity index (χ0) is 26.1. The highest BCUT2D eigenvalue weighted by atomic mass is 127. The van der Waals surface area contributed by atoms with Crippen LogP contribution < -0.4 is 38.2 Å². The minimum atomic E-state index is 0. The lowest BCUT2D eigenvalue weighted by molar-refractivity contribution is -0.922. The van der Waals surface area contributed by atoms with Crippen molar-refractivity contribution in [2.45, 2.75) is 78.7 Å². The van der Waals surface area contributed by atoms with E-state index in [-0.39, 0.29) is 42.6 Å². The molecule has 0 radical (unpaired) electrons. The summed E-state index contributed by atoms with van der Waals surface area (Å²) in [7, 11) is 6.06. The molecule has 37 heavy (non-hydrogen) atoms. The second-order valence-corrected chi connectivity index (χ2v) is 12.0. The Morgan fingerprint density at radius 2 is 2.00 bits per heavy atom. The standard InChI is InChI=1S/C31H44NO4.HI/c1-21(13-14-25-22(2)11-9-16-31(25,3)4)10-8-12-24(33)19-26-28-23(15-17-32(26,5)6)18-27-29(30(28)34-7)36-20-35-27;/h8,10,12,18,26H,9,11,13-17,19-20H2,1-7H3;1H/q+1;/p-1/b12-8+,21-10-;. The van der Waals surface area contributed by atoms with Crippen LogP contribution in [-0.2, 0) is 11.2 Å². The molecule has 0 fully saturated rings. The number of methoxy groups -OCH3 is 1. The molecule has 6 heteroatoms. The maximum Gasteiger partial charge on any atom is 0.231 e. The average molecular weight is 622 g/mol. The number of carbonyl (C=O) groups excluding carboxylic acids is 1. The van der Waals surface area contributed by atoms with Crippen molar-refractivity contribution in [3.05, 3.63) is 52.1 Å². The molecule has 1 aromatic rings. The van der Waals surface area contributed by atoms with Crippen molar-refractivity contribution in [1.29, 1.82) is 0 Å². The Morgan fingerprint density at radius 1 is 1.24 bits per heavy atom. The van der Waals surface area contributed by atoms with Gasteiger partial charge < -0.3 is 42.7 Å². The minimum Gasteiger partial charge on any atom is -1.00 e. The SMILES string of the molecule is COc1c2c(cc3c1C(CC(=O)/C=C/C=C(/C)CCC1=C(C)CCCC1(C)C)[N+](C)(C)CC3)OCO2.[I-]. The summed E-state index contributed by atoms with van der Waals surface area (Å²) in [6, 6.07) is 2.08. The lowest BCUT2D eigenvalue weighted by atomic mass is 9.71. The zero-order valence-electron chi connectivity index (χ0n) is 23.7. The monoisotopic (exact) mass is 621 g/mol. The Balaban J connectivity index is 0.00000380. The van der Waals surface area contributed by atoms with Crippen molar-refractivity contribution in [3.63, 3.8) is 0 Å². The van der Waals surface area contributed by atoms with Crippen LogP contribution in [0, 0.1) is 5.41 Å². The number of likely N-dealkylation sites (N-methyl/N-ethyl adjacent to an activating group) is 1. The van der Waals surface area contributed by atoms with Gasteiger partial charge in [-0.05, 0) is 69.1 Å². The number of ketones is 1. The van der Waals surface area contributed by atoms with Crippen molar-refractivity contribution >= 4 is 5.78 Å². The fraction of sp³-hybridized carbons (Fsp3) is 0.581. The number of benzene rings is 1. The first-order valence-corrected chi connectivity index (χ1v) is 13.4. The number of hydrogen-bond donors (Lipinski definition) is 0. The Labute approximate surface area is 240 Å². The van der Waals surface area contributed by atoms with Gasteiger partial charge in [0.2, 0.25) is 12.5 Å². The number of fused-ring (bicyclic) bond motifs is 2. The first-order chi connectivity index (χ1) is 17.0. The second-order valence-electron chi connectivity index (χ2n) is 12.0. The van der Waals surface area contributed by atoms with Gasteiger partial charge in [0, 0.05) is 6.42 Å². The van der Waals surface area contributed by atoms with E-state index in [0.717, 1.165) is 47.4 Å². The Morgan fingerprint density at radius 3 is 2.70 bits per heavy atom. The molecule has 1 unspecified atom stereocenters. The van der Waals surface area contributed by atoms with Gasteiger partial charge in [-0.15, -0.1) is 0 Å². The summed E-state index contributed by atoms with van der Waals surface area (Å²) in [6.45, 7) is 10.4. The smallest absolute Gasteiger partial charge is 0.231 e.